The number of benzene rings is 2. The van der Waals surface area contributed by atoms with Crippen molar-refractivity contribution in [3.63, 3.8) is 0 Å². The molecule has 0 saturated heterocycles. The molecule has 2 amide bonds. The standard InChI is InChI=1S/C17H14ClN3O3/c1-24-13-5-2-10(3-6-13)16(22)20-21-17(23)15-9-11-8-12(18)4-7-14(11)19-15/h2-9,19H,1H3,(H,20,22)(H,21,23). The van der Waals surface area contributed by atoms with Crippen molar-refractivity contribution in [1.29, 1.82) is 0 Å². The third-order valence-corrected chi connectivity index (χ3v) is 3.70. The summed E-state index contributed by atoms with van der Waals surface area (Å²) in [5, 5.41) is 1.40. The van der Waals surface area contributed by atoms with Crippen molar-refractivity contribution in [1.82, 2.24) is 15.8 Å². The Morgan fingerprint density at radius 3 is 2.42 bits per heavy atom. The number of hydrogen-bond donors (Lipinski definition) is 3. The van der Waals surface area contributed by atoms with Gasteiger partial charge in [-0.05, 0) is 48.5 Å². The van der Waals surface area contributed by atoms with Gasteiger partial charge in [0, 0.05) is 21.5 Å². The Morgan fingerprint density at radius 2 is 1.71 bits per heavy atom. The zero-order chi connectivity index (χ0) is 17.1. The Hall–Kier alpha value is -2.99. The minimum atomic E-state index is -0.454. The first-order chi connectivity index (χ1) is 11.6. The van der Waals surface area contributed by atoms with Crippen LogP contribution in [0.2, 0.25) is 5.02 Å². The molecular weight excluding hydrogens is 330 g/mol. The van der Waals surface area contributed by atoms with Crippen molar-refractivity contribution in [2.24, 2.45) is 0 Å². The molecular formula is C17H14ClN3O3. The van der Waals surface area contributed by atoms with E-state index in [1.807, 2.05) is 0 Å². The molecule has 0 radical (unpaired) electrons. The van der Waals surface area contributed by atoms with Gasteiger partial charge in [0.2, 0.25) is 0 Å². The number of fused-ring (bicyclic) bond motifs is 1. The molecule has 0 aliphatic carbocycles. The number of carbonyl (C=O) groups is 2. The molecule has 0 saturated carbocycles. The Bertz CT molecular complexity index is 903. The van der Waals surface area contributed by atoms with Crippen LogP contribution in [0.1, 0.15) is 20.8 Å². The van der Waals surface area contributed by atoms with Crippen molar-refractivity contribution >= 4 is 34.3 Å². The number of aromatic nitrogens is 1. The molecule has 0 fully saturated rings. The number of nitrogens with one attached hydrogen (secondary N) is 3. The van der Waals surface area contributed by atoms with E-state index >= 15 is 0 Å². The lowest BCUT2D eigenvalue weighted by Gasteiger charge is -2.07. The zero-order valence-corrected chi connectivity index (χ0v) is 13.5. The molecule has 0 atom stereocenters. The van der Waals surface area contributed by atoms with E-state index in [4.69, 9.17) is 16.3 Å². The Balaban J connectivity index is 1.66. The molecule has 7 heteroatoms. The summed E-state index contributed by atoms with van der Waals surface area (Å²) in [5.74, 6) is -0.235. The highest BCUT2D eigenvalue weighted by atomic mass is 35.5. The number of hydrazine groups is 1. The van der Waals surface area contributed by atoms with Crippen LogP contribution in [0.5, 0.6) is 5.75 Å². The number of amides is 2. The highest BCUT2D eigenvalue weighted by molar-refractivity contribution is 6.31. The van der Waals surface area contributed by atoms with Gasteiger partial charge in [0.05, 0.1) is 7.11 Å². The van der Waals surface area contributed by atoms with Crippen molar-refractivity contribution in [3.8, 4) is 5.75 Å². The van der Waals surface area contributed by atoms with E-state index in [1.54, 1.807) is 55.6 Å². The fraction of sp³-hybridized carbons (Fsp3) is 0.0588. The highest BCUT2D eigenvalue weighted by Crippen LogP contribution is 2.20. The molecule has 0 bridgehead atoms. The minimum absolute atomic E-state index is 0.322. The van der Waals surface area contributed by atoms with E-state index in [0.29, 0.717) is 22.0 Å². The fourth-order valence-electron chi connectivity index (χ4n) is 2.22. The maximum absolute atomic E-state index is 12.1. The van der Waals surface area contributed by atoms with Crippen molar-refractivity contribution in [3.05, 3.63) is 64.8 Å². The SMILES string of the molecule is COc1ccc(C(=O)NNC(=O)c2cc3cc(Cl)ccc3[nH]2)cc1. The number of aromatic amines is 1. The zero-order valence-electron chi connectivity index (χ0n) is 12.7. The smallest absolute Gasteiger partial charge is 0.286 e. The normalized spacial score (nSPS) is 10.4. The summed E-state index contributed by atoms with van der Waals surface area (Å²) in [7, 11) is 1.54. The molecule has 1 heterocycles. The van der Waals surface area contributed by atoms with Gasteiger partial charge in [-0.15, -0.1) is 0 Å². The molecule has 24 heavy (non-hydrogen) atoms. The maximum Gasteiger partial charge on any atom is 0.286 e. The lowest BCUT2D eigenvalue weighted by atomic mass is 10.2. The number of rotatable bonds is 3. The predicted octanol–water partition coefficient (Wildman–Crippen LogP) is 2.90. The van der Waals surface area contributed by atoms with Crippen LogP contribution in [0.25, 0.3) is 10.9 Å². The molecule has 2 aromatic carbocycles. The molecule has 3 N–H and O–H groups in total. The van der Waals surface area contributed by atoms with E-state index < -0.39 is 11.8 Å². The monoisotopic (exact) mass is 343 g/mol. The van der Waals surface area contributed by atoms with Crippen molar-refractivity contribution in [2.45, 2.75) is 0 Å². The Labute approximate surface area is 142 Å². The lowest BCUT2D eigenvalue weighted by molar-refractivity contribution is 0.0844. The van der Waals surface area contributed by atoms with E-state index in [1.165, 1.54) is 0 Å². The number of hydrogen-bond acceptors (Lipinski definition) is 3. The van der Waals surface area contributed by atoms with E-state index in [2.05, 4.69) is 15.8 Å². The van der Waals surface area contributed by atoms with Crippen LogP contribution in [-0.4, -0.2) is 23.9 Å². The first-order valence-corrected chi connectivity index (χ1v) is 7.47. The summed E-state index contributed by atoms with van der Waals surface area (Å²) in [5.41, 5.74) is 6.24. The molecule has 3 aromatic rings. The first-order valence-electron chi connectivity index (χ1n) is 7.10. The van der Waals surface area contributed by atoms with Crippen LogP contribution in [0.15, 0.2) is 48.5 Å². The largest absolute Gasteiger partial charge is 0.497 e. The van der Waals surface area contributed by atoms with Crippen molar-refractivity contribution < 1.29 is 14.3 Å². The number of ether oxygens (including phenoxy) is 1. The van der Waals surface area contributed by atoms with Gasteiger partial charge in [-0.2, -0.15) is 0 Å². The van der Waals surface area contributed by atoms with E-state index in [9.17, 15) is 9.59 Å². The molecule has 6 nitrogen and oxygen atoms in total. The molecule has 0 aliphatic rings. The van der Waals surface area contributed by atoms with E-state index in [0.717, 1.165) is 10.9 Å². The first kappa shape index (κ1) is 15.9. The van der Waals surface area contributed by atoms with E-state index in [-0.39, 0.29) is 0 Å². The molecule has 0 unspecified atom stereocenters. The quantitative estimate of drug-likeness (QED) is 0.639. The van der Waals surface area contributed by atoms with Gasteiger partial charge in [-0.3, -0.25) is 20.4 Å². The van der Waals surface area contributed by atoms with Gasteiger partial charge in [0.1, 0.15) is 11.4 Å². The maximum atomic E-state index is 12.1. The summed E-state index contributed by atoms with van der Waals surface area (Å²) < 4.78 is 5.03. The Kier molecular flexibility index (Phi) is 4.39. The van der Waals surface area contributed by atoms with Crippen LogP contribution >= 0.6 is 11.6 Å². The highest BCUT2D eigenvalue weighted by Gasteiger charge is 2.12. The third kappa shape index (κ3) is 3.33. The Morgan fingerprint density at radius 1 is 1.00 bits per heavy atom. The van der Waals surface area contributed by atoms with Gasteiger partial charge < -0.3 is 9.72 Å². The average molecular weight is 344 g/mol. The summed E-state index contributed by atoms with van der Waals surface area (Å²) in [6.45, 7) is 0. The molecule has 3 rings (SSSR count). The van der Waals surface area contributed by atoms with Crippen LogP contribution in [0.4, 0.5) is 0 Å². The molecule has 1 aromatic heterocycles. The summed E-state index contributed by atoms with van der Waals surface area (Å²) in [6, 6.07) is 13.5. The number of methoxy groups -OCH3 is 1. The second-order valence-electron chi connectivity index (χ2n) is 5.05. The third-order valence-electron chi connectivity index (χ3n) is 3.47. The van der Waals surface area contributed by atoms with Gasteiger partial charge >= 0.3 is 0 Å². The second kappa shape index (κ2) is 6.64. The summed E-state index contributed by atoms with van der Waals surface area (Å²) in [4.78, 5) is 27.1. The van der Waals surface area contributed by atoms with Crippen LogP contribution in [0, 0.1) is 0 Å². The van der Waals surface area contributed by atoms with Crippen LogP contribution < -0.4 is 15.6 Å². The van der Waals surface area contributed by atoms with Gasteiger partial charge in [-0.25, -0.2) is 0 Å². The summed E-state index contributed by atoms with van der Waals surface area (Å²) in [6.07, 6.45) is 0. The number of carbonyl (C=O) groups excluding carboxylic acids is 2. The lowest BCUT2D eigenvalue weighted by Crippen LogP contribution is -2.41. The summed E-state index contributed by atoms with van der Waals surface area (Å²) >= 11 is 5.92. The average Bonchev–Trinajstić information content (AvgIpc) is 3.02. The van der Waals surface area contributed by atoms with Gasteiger partial charge in [-0.1, -0.05) is 11.6 Å². The van der Waals surface area contributed by atoms with Crippen molar-refractivity contribution in [2.75, 3.05) is 7.11 Å². The fourth-order valence-corrected chi connectivity index (χ4v) is 2.40. The molecule has 0 spiro atoms. The molecule has 0 aliphatic heterocycles. The molecule has 122 valence electrons. The van der Waals surface area contributed by atoms with Gasteiger partial charge in [0.25, 0.3) is 11.8 Å². The van der Waals surface area contributed by atoms with Crippen LogP contribution in [0.3, 0.4) is 0 Å². The minimum Gasteiger partial charge on any atom is -0.497 e. The van der Waals surface area contributed by atoms with Gasteiger partial charge in [0.15, 0.2) is 0 Å². The number of halogens is 1. The predicted molar refractivity (Wildman–Crippen MR) is 91.2 cm³/mol. The number of H-pyrrole nitrogens is 1. The van der Waals surface area contributed by atoms with Crippen LogP contribution in [-0.2, 0) is 0 Å². The second-order valence-corrected chi connectivity index (χ2v) is 5.49. The topological polar surface area (TPSA) is 83.2 Å².